The Balaban J connectivity index is 2.28. The molecule has 0 aliphatic rings. The van der Waals surface area contributed by atoms with Gasteiger partial charge < -0.3 is 4.74 Å². The Bertz CT molecular complexity index is 471. The molecule has 17 heavy (non-hydrogen) atoms. The Labute approximate surface area is 103 Å². The molecule has 0 aromatic heterocycles. The Morgan fingerprint density at radius 1 is 1.00 bits per heavy atom. The summed E-state index contributed by atoms with van der Waals surface area (Å²) in [4.78, 5) is 0. The largest absolute Gasteiger partial charge is 0.497 e. The fourth-order valence-corrected chi connectivity index (χ4v) is 1.89. The van der Waals surface area contributed by atoms with Gasteiger partial charge in [-0.2, -0.15) is 0 Å². The van der Waals surface area contributed by atoms with Crippen molar-refractivity contribution in [1.82, 2.24) is 0 Å². The van der Waals surface area contributed by atoms with E-state index in [1.165, 1.54) is 16.7 Å². The third-order valence-corrected chi connectivity index (χ3v) is 2.82. The summed E-state index contributed by atoms with van der Waals surface area (Å²) in [5, 5.41) is 0. The van der Waals surface area contributed by atoms with Gasteiger partial charge in [-0.05, 0) is 41.7 Å². The maximum atomic E-state index is 5.16. The first-order chi connectivity index (χ1) is 8.33. The van der Waals surface area contributed by atoms with Crippen LogP contribution in [0.25, 0.3) is 11.1 Å². The summed E-state index contributed by atoms with van der Waals surface area (Å²) in [5.74, 6) is 0.891. The molecular weight excluding hydrogens is 208 g/mol. The molecule has 2 rings (SSSR count). The lowest BCUT2D eigenvalue weighted by Crippen LogP contribution is -1.86. The molecule has 0 N–H and O–H groups in total. The van der Waals surface area contributed by atoms with Crippen LogP contribution < -0.4 is 4.74 Å². The summed E-state index contributed by atoms with van der Waals surface area (Å²) in [6, 6.07) is 16.8. The van der Waals surface area contributed by atoms with E-state index in [2.05, 4.69) is 43.3 Å². The predicted octanol–water partition coefficient (Wildman–Crippen LogP) is 4.13. The zero-order chi connectivity index (χ0) is 12.1. The molecule has 0 atom stereocenters. The predicted molar refractivity (Wildman–Crippen MR) is 72.1 cm³/mol. The van der Waals surface area contributed by atoms with Gasteiger partial charge in [0.2, 0.25) is 0 Å². The van der Waals surface area contributed by atoms with Gasteiger partial charge in [-0.3, -0.25) is 0 Å². The minimum atomic E-state index is 0.891. The molecule has 1 radical (unpaired) electrons. The molecule has 0 saturated carbocycles. The lowest BCUT2D eigenvalue weighted by Gasteiger charge is -2.06. The number of ether oxygens (including phenoxy) is 1. The van der Waals surface area contributed by atoms with Crippen LogP contribution in [-0.4, -0.2) is 7.11 Å². The Morgan fingerprint density at radius 2 is 1.76 bits per heavy atom. The van der Waals surface area contributed by atoms with E-state index >= 15 is 0 Å². The van der Waals surface area contributed by atoms with Crippen LogP contribution in [-0.2, 0) is 6.42 Å². The summed E-state index contributed by atoms with van der Waals surface area (Å²) in [7, 11) is 1.68. The quantitative estimate of drug-likeness (QED) is 0.760. The maximum absolute atomic E-state index is 5.16. The van der Waals surface area contributed by atoms with Crippen LogP contribution >= 0.6 is 0 Å². The molecule has 1 nitrogen and oxygen atoms in total. The molecule has 0 amide bonds. The topological polar surface area (TPSA) is 9.23 Å². The van der Waals surface area contributed by atoms with Gasteiger partial charge in [-0.1, -0.05) is 43.3 Å². The van der Waals surface area contributed by atoms with Crippen molar-refractivity contribution in [3.8, 4) is 16.9 Å². The first kappa shape index (κ1) is 11.7. The Kier molecular flexibility index (Phi) is 3.81. The van der Waals surface area contributed by atoms with Gasteiger partial charge in [-0.25, -0.2) is 0 Å². The SMILES string of the molecule is [CH2]CCc1cccc(-c2ccc(OC)cc2)c1. The molecule has 0 saturated heterocycles. The van der Waals surface area contributed by atoms with Crippen molar-refractivity contribution >= 4 is 0 Å². The van der Waals surface area contributed by atoms with Crippen molar-refractivity contribution in [2.24, 2.45) is 0 Å². The molecular formula is C16H17O. The summed E-state index contributed by atoms with van der Waals surface area (Å²) in [6.45, 7) is 3.89. The van der Waals surface area contributed by atoms with Crippen LogP contribution in [0.5, 0.6) is 5.75 Å². The normalized spacial score (nSPS) is 10.2. The molecule has 87 valence electrons. The van der Waals surface area contributed by atoms with E-state index in [1.54, 1.807) is 7.11 Å². The highest BCUT2D eigenvalue weighted by Gasteiger charge is 1.99. The van der Waals surface area contributed by atoms with E-state index in [0.29, 0.717) is 0 Å². The van der Waals surface area contributed by atoms with Crippen molar-refractivity contribution in [3.05, 3.63) is 61.0 Å². The van der Waals surface area contributed by atoms with E-state index in [9.17, 15) is 0 Å². The zero-order valence-electron chi connectivity index (χ0n) is 10.1. The average molecular weight is 225 g/mol. The van der Waals surface area contributed by atoms with Gasteiger partial charge in [0, 0.05) is 0 Å². The van der Waals surface area contributed by atoms with Crippen molar-refractivity contribution < 1.29 is 4.74 Å². The molecule has 0 unspecified atom stereocenters. The molecule has 2 aromatic rings. The van der Waals surface area contributed by atoms with Crippen molar-refractivity contribution in [3.63, 3.8) is 0 Å². The van der Waals surface area contributed by atoms with Crippen LogP contribution in [0.15, 0.2) is 48.5 Å². The second-order valence-corrected chi connectivity index (χ2v) is 4.03. The van der Waals surface area contributed by atoms with Gasteiger partial charge >= 0.3 is 0 Å². The fourth-order valence-electron chi connectivity index (χ4n) is 1.89. The van der Waals surface area contributed by atoms with Gasteiger partial charge in [-0.15, -0.1) is 0 Å². The molecule has 0 spiro atoms. The summed E-state index contributed by atoms with van der Waals surface area (Å²) in [5.41, 5.74) is 3.81. The minimum absolute atomic E-state index is 0.891. The highest BCUT2D eigenvalue weighted by molar-refractivity contribution is 5.64. The Morgan fingerprint density at radius 3 is 2.41 bits per heavy atom. The van der Waals surface area contributed by atoms with Crippen LogP contribution in [0, 0.1) is 6.92 Å². The summed E-state index contributed by atoms with van der Waals surface area (Å²) in [6.07, 6.45) is 1.97. The monoisotopic (exact) mass is 225 g/mol. The zero-order valence-corrected chi connectivity index (χ0v) is 10.1. The third kappa shape index (κ3) is 2.88. The Hall–Kier alpha value is -1.76. The van der Waals surface area contributed by atoms with Crippen molar-refractivity contribution in [1.29, 1.82) is 0 Å². The van der Waals surface area contributed by atoms with Crippen molar-refractivity contribution in [2.45, 2.75) is 12.8 Å². The van der Waals surface area contributed by atoms with Gasteiger partial charge in [0.25, 0.3) is 0 Å². The number of methoxy groups -OCH3 is 1. The van der Waals surface area contributed by atoms with Gasteiger partial charge in [0.05, 0.1) is 7.11 Å². The first-order valence-electron chi connectivity index (χ1n) is 5.86. The van der Waals surface area contributed by atoms with Crippen LogP contribution in [0.3, 0.4) is 0 Å². The molecule has 0 heterocycles. The third-order valence-electron chi connectivity index (χ3n) is 2.82. The van der Waals surface area contributed by atoms with E-state index in [0.717, 1.165) is 18.6 Å². The van der Waals surface area contributed by atoms with E-state index in [-0.39, 0.29) is 0 Å². The second kappa shape index (κ2) is 5.53. The number of hydrogen-bond acceptors (Lipinski definition) is 1. The minimum Gasteiger partial charge on any atom is -0.497 e. The second-order valence-electron chi connectivity index (χ2n) is 4.03. The molecule has 1 heteroatoms. The first-order valence-corrected chi connectivity index (χ1v) is 5.86. The molecule has 0 bridgehead atoms. The van der Waals surface area contributed by atoms with Crippen molar-refractivity contribution in [2.75, 3.05) is 7.11 Å². The number of hydrogen-bond donors (Lipinski definition) is 0. The van der Waals surface area contributed by atoms with Crippen LogP contribution in [0.1, 0.15) is 12.0 Å². The average Bonchev–Trinajstić information content (AvgIpc) is 2.40. The number of rotatable bonds is 4. The molecule has 0 aliphatic heterocycles. The highest BCUT2D eigenvalue weighted by Crippen LogP contribution is 2.23. The molecule has 2 aromatic carbocycles. The van der Waals surface area contributed by atoms with Gasteiger partial charge in [0.15, 0.2) is 0 Å². The van der Waals surface area contributed by atoms with Crippen LogP contribution in [0.4, 0.5) is 0 Å². The number of aryl methyl sites for hydroxylation is 1. The fraction of sp³-hybridized carbons (Fsp3) is 0.188. The van der Waals surface area contributed by atoms with E-state index in [1.807, 2.05) is 12.1 Å². The lowest BCUT2D eigenvalue weighted by atomic mass is 10.0. The summed E-state index contributed by atoms with van der Waals surface area (Å²) >= 11 is 0. The van der Waals surface area contributed by atoms with Crippen LogP contribution in [0.2, 0.25) is 0 Å². The molecule has 0 fully saturated rings. The number of benzene rings is 2. The smallest absolute Gasteiger partial charge is 0.118 e. The lowest BCUT2D eigenvalue weighted by molar-refractivity contribution is 0.415. The standard InChI is InChI=1S/C16H17O/c1-3-5-13-6-4-7-15(12-13)14-8-10-16(17-2)11-9-14/h4,6-12H,1,3,5H2,2H3. The van der Waals surface area contributed by atoms with E-state index in [4.69, 9.17) is 4.74 Å². The highest BCUT2D eigenvalue weighted by atomic mass is 16.5. The van der Waals surface area contributed by atoms with Gasteiger partial charge in [0.1, 0.15) is 5.75 Å². The molecule has 0 aliphatic carbocycles. The summed E-state index contributed by atoms with van der Waals surface area (Å²) < 4.78 is 5.16. The maximum Gasteiger partial charge on any atom is 0.118 e. The van der Waals surface area contributed by atoms with E-state index < -0.39 is 0 Å².